The van der Waals surface area contributed by atoms with E-state index in [0.717, 1.165) is 11.3 Å². The quantitative estimate of drug-likeness (QED) is 0.0918. The third-order valence-corrected chi connectivity index (χ3v) is 9.21. The van der Waals surface area contributed by atoms with Gasteiger partial charge in [-0.25, -0.2) is 19.6 Å². The Balaban J connectivity index is 0.000000211. The van der Waals surface area contributed by atoms with Gasteiger partial charge in [0.25, 0.3) is 0 Å². The number of benzene rings is 4. The number of imidazole rings is 2. The van der Waals surface area contributed by atoms with Crippen molar-refractivity contribution in [2.45, 2.75) is 39.0 Å². The highest BCUT2D eigenvalue weighted by Crippen LogP contribution is 2.32. The maximum Gasteiger partial charge on any atom is 0.390 e. The Morgan fingerprint density at radius 3 is 1.49 bits per heavy atom. The van der Waals surface area contributed by atoms with E-state index in [1.54, 1.807) is 73.5 Å². The number of fused-ring (bicyclic) bond motifs is 2. The minimum Gasteiger partial charge on any atom is -0.478 e. The van der Waals surface area contributed by atoms with Crippen molar-refractivity contribution in [2.75, 3.05) is 30.8 Å². The molecule has 55 heavy (non-hydrogen) atoms. The molecule has 290 valence electrons. The van der Waals surface area contributed by atoms with Crippen LogP contribution in [0.25, 0.3) is 33.4 Å². The van der Waals surface area contributed by atoms with Crippen LogP contribution in [-0.4, -0.2) is 68.7 Å². The number of anilines is 2. The molecular weight excluding hydrogens is 866 g/mol. The van der Waals surface area contributed by atoms with Crippen molar-refractivity contribution in [1.29, 1.82) is 0 Å². The van der Waals surface area contributed by atoms with E-state index in [1.165, 1.54) is 13.2 Å². The summed E-state index contributed by atoms with van der Waals surface area (Å²) in [5, 5.41) is 14.7. The minimum atomic E-state index is -4.24. The van der Waals surface area contributed by atoms with Crippen LogP contribution in [0.3, 0.4) is 0 Å². The number of carboxylic acid groups (broad SMARTS) is 1. The number of ether oxygens (including phenoxy) is 1. The van der Waals surface area contributed by atoms with Crippen LogP contribution in [0.15, 0.2) is 82.3 Å². The first-order valence-corrected chi connectivity index (χ1v) is 17.9. The van der Waals surface area contributed by atoms with Gasteiger partial charge in [-0.15, -0.1) is 0 Å². The first kappa shape index (κ1) is 41.1. The molecule has 0 saturated heterocycles. The molecule has 4 aromatic carbocycles. The summed E-state index contributed by atoms with van der Waals surface area (Å²) < 4.78 is 84.2. The Labute approximate surface area is 326 Å². The van der Waals surface area contributed by atoms with E-state index in [0.29, 0.717) is 59.2 Å². The van der Waals surface area contributed by atoms with Crippen molar-refractivity contribution < 1.29 is 45.8 Å². The smallest absolute Gasteiger partial charge is 0.390 e. The number of esters is 1. The third-order valence-electron chi connectivity index (χ3n) is 8.29. The van der Waals surface area contributed by atoms with E-state index < -0.39 is 37.1 Å². The molecule has 2 aromatic heterocycles. The summed E-state index contributed by atoms with van der Waals surface area (Å²) in [6.45, 7) is 3.00. The van der Waals surface area contributed by atoms with Gasteiger partial charge < -0.3 is 20.5 Å². The number of carbonyl (C=O) groups is 2. The van der Waals surface area contributed by atoms with E-state index in [4.69, 9.17) is 9.84 Å². The van der Waals surface area contributed by atoms with Crippen molar-refractivity contribution in [3.63, 3.8) is 0 Å². The molecule has 0 atom stereocenters. The fourth-order valence-electron chi connectivity index (χ4n) is 5.70. The lowest BCUT2D eigenvalue weighted by atomic mass is 10.1. The zero-order chi connectivity index (χ0) is 40.2. The van der Waals surface area contributed by atoms with Crippen LogP contribution in [0.1, 0.15) is 44.7 Å². The molecule has 2 heterocycles. The maximum absolute atomic E-state index is 12.4. The number of aromatic nitrogens is 4. The minimum absolute atomic E-state index is 0.207. The summed E-state index contributed by atoms with van der Waals surface area (Å²) >= 11 is 6.77. The molecular formula is C37H32Br2F6N6O4. The van der Waals surface area contributed by atoms with Gasteiger partial charge in [0.05, 0.1) is 53.5 Å². The van der Waals surface area contributed by atoms with Gasteiger partial charge in [-0.1, -0.05) is 31.9 Å². The molecule has 0 amide bonds. The van der Waals surface area contributed by atoms with Crippen LogP contribution in [0.5, 0.6) is 0 Å². The number of methoxy groups -OCH3 is 1. The summed E-state index contributed by atoms with van der Waals surface area (Å²) in [6.07, 6.45) is -7.19. The first-order chi connectivity index (χ1) is 25.8. The second-order valence-electron chi connectivity index (χ2n) is 12.3. The van der Waals surface area contributed by atoms with Gasteiger partial charge in [0.15, 0.2) is 0 Å². The van der Waals surface area contributed by atoms with E-state index in [9.17, 15) is 35.9 Å². The molecule has 18 heteroatoms. The molecule has 0 fully saturated rings. The Kier molecular flexibility index (Phi) is 12.5. The lowest BCUT2D eigenvalue weighted by molar-refractivity contribution is -0.132. The number of aryl methyl sites for hydroxylation is 2. The van der Waals surface area contributed by atoms with Crippen LogP contribution in [0.2, 0.25) is 0 Å². The number of carboxylic acids is 1. The molecule has 0 saturated carbocycles. The Morgan fingerprint density at radius 1 is 0.709 bits per heavy atom. The van der Waals surface area contributed by atoms with Crippen molar-refractivity contribution in [3.05, 3.63) is 105 Å². The number of hydrogen-bond acceptors (Lipinski definition) is 7. The largest absolute Gasteiger partial charge is 0.478 e. The Bertz CT molecular complexity index is 2380. The SMILES string of the molecule is COC(=O)c1ccc(-n2cnc3c(NCCC(F)(F)F)cc(Br)cc32)cc1C.Cc1cc(-n2cnc3c(NCCC(F)(F)F)cc(Br)cc32)ccc1C(=O)O. The number of alkyl halides is 6. The normalized spacial score (nSPS) is 11.7. The van der Waals surface area contributed by atoms with Gasteiger partial charge >= 0.3 is 24.3 Å². The molecule has 10 nitrogen and oxygen atoms in total. The number of nitrogens with zero attached hydrogens (tertiary/aromatic N) is 4. The third kappa shape index (κ3) is 10.2. The monoisotopic (exact) mass is 896 g/mol. The lowest BCUT2D eigenvalue weighted by Crippen LogP contribution is -2.14. The highest BCUT2D eigenvalue weighted by atomic mass is 79.9. The van der Waals surface area contributed by atoms with E-state index in [-0.39, 0.29) is 18.7 Å². The molecule has 0 aliphatic heterocycles. The van der Waals surface area contributed by atoms with Gasteiger partial charge in [0.1, 0.15) is 23.7 Å². The molecule has 0 radical (unpaired) electrons. The molecule has 6 aromatic rings. The fourth-order valence-corrected chi connectivity index (χ4v) is 6.59. The molecule has 0 spiro atoms. The van der Waals surface area contributed by atoms with Crippen LogP contribution < -0.4 is 10.6 Å². The fraction of sp³-hybridized carbons (Fsp3) is 0.243. The molecule has 0 bridgehead atoms. The highest BCUT2D eigenvalue weighted by Gasteiger charge is 2.27. The standard InChI is InChI=1S/C19H17BrF3N3O2.C18H15BrF3N3O2/c1-11-7-13(3-4-14(11)18(27)28-2)26-10-25-17-15(8-12(20)9-16(17)26)24-6-5-19(21,22)23;1-10-6-12(2-3-13(10)17(26)27)25-9-24-16-14(7-11(19)8-15(16)25)23-5-4-18(20,21)22/h3-4,7-10,24H,5-6H2,1-2H3;2-3,6-9,23H,4-5H2,1H3,(H,26,27). The average molecular weight is 898 g/mol. The van der Waals surface area contributed by atoms with Crippen molar-refractivity contribution in [2.24, 2.45) is 0 Å². The Hall–Kier alpha value is -5.10. The number of nitrogens with one attached hydrogen (secondary N) is 2. The topological polar surface area (TPSA) is 123 Å². The Morgan fingerprint density at radius 2 is 1.13 bits per heavy atom. The second kappa shape index (κ2) is 16.7. The summed E-state index contributed by atoms with van der Waals surface area (Å²) in [5.74, 6) is -1.42. The van der Waals surface area contributed by atoms with Gasteiger partial charge in [-0.05, 0) is 85.6 Å². The van der Waals surface area contributed by atoms with Gasteiger partial charge in [-0.3, -0.25) is 9.13 Å². The van der Waals surface area contributed by atoms with Crippen molar-refractivity contribution in [1.82, 2.24) is 19.1 Å². The van der Waals surface area contributed by atoms with Crippen LogP contribution in [0, 0.1) is 13.8 Å². The molecule has 0 unspecified atom stereocenters. The van der Waals surface area contributed by atoms with E-state index in [2.05, 4.69) is 52.5 Å². The predicted molar refractivity (Wildman–Crippen MR) is 204 cm³/mol. The van der Waals surface area contributed by atoms with Gasteiger partial charge in [0.2, 0.25) is 0 Å². The number of halogens is 8. The predicted octanol–water partition coefficient (Wildman–Crippen LogP) is 10.4. The average Bonchev–Trinajstić information content (AvgIpc) is 3.71. The molecule has 3 N–H and O–H groups in total. The second-order valence-corrected chi connectivity index (χ2v) is 14.1. The van der Waals surface area contributed by atoms with E-state index in [1.807, 2.05) is 16.7 Å². The number of carbonyl (C=O) groups excluding carboxylic acids is 1. The highest BCUT2D eigenvalue weighted by molar-refractivity contribution is 9.10. The summed E-state index contributed by atoms with van der Waals surface area (Å²) in [6, 6.07) is 17.2. The van der Waals surface area contributed by atoms with Crippen LogP contribution in [0.4, 0.5) is 37.7 Å². The zero-order valence-corrected chi connectivity index (χ0v) is 32.4. The van der Waals surface area contributed by atoms with Gasteiger partial charge in [0, 0.05) is 33.4 Å². The molecule has 0 aliphatic carbocycles. The summed E-state index contributed by atoms with van der Waals surface area (Å²) in [5.41, 5.74) is 6.97. The maximum atomic E-state index is 12.4. The number of rotatable bonds is 10. The van der Waals surface area contributed by atoms with Crippen LogP contribution in [-0.2, 0) is 4.74 Å². The first-order valence-electron chi connectivity index (χ1n) is 16.3. The van der Waals surface area contributed by atoms with Crippen molar-refractivity contribution in [3.8, 4) is 11.4 Å². The summed E-state index contributed by atoms with van der Waals surface area (Å²) in [4.78, 5) is 31.6. The molecule has 6 rings (SSSR count). The van der Waals surface area contributed by atoms with Gasteiger partial charge in [-0.2, -0.15) is 26.3 Å². The summed E-state index contributed by atoms with van der Waals surface area (Å²) in [7, 11) is 1.32. The zero-order valence-electron chi connectivity index (χ0n) is 29.2. The lowest BCUT2D eigenvalue weighted by Gasteiger charge is -2.11. The van der Waals surface area contributed by atoms with Crippen molar-refractivity contribution >= 4 is 77.2 Å². The molecule has 0 aliphatic rings. The van der Waals surface area contributed by atoms with E-state index >= 15 is 0 Å². The number of hydrogen-bond donors (Lipinski definition) is 3. The van der Waals surface area contributed by atoms with Crippen LogP contribution >= 0.6 is 31.9 Å². The number of aromatic carboxylic acids is 1.